The Bertz CT molecular complexity index is 890. The molecule has 0 atom stereocenters. The molecule has 0 saturated carbocycles. The van der Waals surface area contributed by atoms with E-state index in [0.29, 0.717) is 0 Å². The number of H-pyrrole nitrogens is 1. The van der Waals surface area contributed by atoms with Gasteiger partial charge in [-0.05, 0) is 48.7 Å². The molecule has 4 heteroatoms. The lowest BCUT2D eigenvalue weighted by molar-refractivity contribution is -0.327. The van der Waals surface area contributed by atoms with Gasteiger partial charge in [-0.15, -0.1) is 0 Å². The maximum Gasteiger partial charge on any atom is 0.272 e. The first-order valence-corrected chi connectivity index (χ1v) is 8.49. The van der Waals surface area contributed by atoms with Crippen molar-refractivity contribution in [3.63, 3.8) is 0 Å². The zero-order valence-electron chi connectivity index (χ0n) is 15.3. The molecule has 2 aromatic carbocycles. The second-order valence-electron chi connectivity index (χ2n) is 6.28. The number of fused-ring (bicyclic) bond motifs is 1. The first-order valence-electron chi connectivity index (χ1n) is 8.49. The van der Waals surface area contributed by atoms with Gasteiger partial charge in [0.05, 0.1) is 20.8 Å². The number of aryl methyl sites for hydroxylation is 2. The Morgan fingerprint density at radius 2 is 1.72 bits per heavy atom. The summed E-state index contributed by atoms with van der Waals surface area (Å²) in [5.41, 5.74) is 4.89. The smallest absolute Gasteiger partial charge is 0.272 e. The largest absolute Gasteiger partial charge is 0.493 e. The number of rotatable bonds is 6. The van der Waals surface area contributed by atoms with Crippen LogP contribution >= 0.6 is 0 Å². The van der Waals surface area contributed by atoms with E-state index in [4.69, 9.17) is 9.47 Å². The van der Waals surface area contributed by atoms with Crippen LogP contribution < -0.4 is 19.8 Å². The van der Waals surface area contributed by atoms with Crippen molar-refractivity contribution in [2.45, 2.75) is 20.3 Å². The predicted molar refractivity (Wildman–Crippen MR) is 102 cm³/mol. The fourth-order valence-electron chi connectivity index (χ4n) is 3.05. The molecular formula is C21H25N2O2+. The fraction of sp³-hybridized carbons (Fsp3) is 0.286. The number of hydrogen-bond acceptors (Lipinski definition) is 3. The third-order valence-corrected chi connectivity index (χ3v) is 4.41. The molecule has 0 unspecified atom stereocenters. The SMILES string of the molecule is COc1ccc(CCNc2cc(C)c3ccc(C)cc3[nH+]2)cc1OC. The van der Waals surface area contributed by atoms with E-state index in [1.807, 2.05) is 12.1 Å². The zero-order chi connectivity index (χ0) is 17.8. The summed E-state index contributed by atoms with van der Waals surface area (Å²) in [5.74, 6) is 2.56. The molecule has 0 aliphatic carbocycles. The van der Waals surface area contributed by atoms with Crippen LogP contribution in [0, 0.1) is 13.8 Å². The lowest BCUT2D eigenvalue weighted by Crippen LogP contribution is -2.16. The number of ether oxygens (including phenoxy) is 2. The molecule has 0 radical (unpaired) electrons. The molecule has 0 spiro atoms. The number of aromatic amines is 1. The van der Waals surface area contributed by atoms with Crippen molar-refractivity contribution in [2.75, 3.05) is 26.1 Å². The standard InChI is InChI=1S/C21H24N2O2/c1-14-5-7-17-15(2)12-21(23-18(17)11-14)22-10-9-16-6-8-19(24-3)20(13-16)25-4/h5-8,11-13H,9-10H2,1-4H3,(H,22,23)/p+1. The summed E-state index contributed by atoms with van der Waals surface area (Å²) in [6.07, 6.45) is 0.902. The van der Waals surface area contributed by atoms with Gasteiger partial charge in [0.1, 0.15) is 5.52 Å². The molecule has 0 aliphatic heterocycles. The summed E-state index contributed by atoms with van der Waals surface area (Å²) in [6.45, 7) is 5.09. The molecule has 3 rings (SSSR count). The minimum Gasteiger partial charge on any atom is -0.493 e. The minimum atomic E-state index is 0.757. The van der Waals surface area contributed by atoms with Crippen molar-refractivity contribution in [3.8, 4) is 11.5 Å². The van der Waals surface area contributed by atoms with Gasteiger partial charge in [-0.2, -0.15) is 0 Å². The first kappa shape index (κ1) is 17.1. The lowest BCUT2D eigenvalue weighted by Gasteiger charge is -2.09. The quantitative estimate of drug-likeness (QED) is 0.741. The van der Waals surface area contributed by atoms with E-state index in [2.05, 4.69) is 54.5 Å². The Hall–Kier alpha value is -2.75. The highest BCUT2D eigenvalue weighted by atomic mass is 16.5. The first-order chi connectivity index (χ1) is 12.1. The van der Waals surface area contributed by atoms with Gasteiger partial charge in [0.2, 0.25) is 0 Å². The predicted octanol–water partition coefficient (Wildman–Crippen LogP) is 3.94. The van der Waals surface area contributed by atoms with Crippen molar-refractivity contribution in [2.24, 2.45) is 0 Å². The van der Waals surface area contributed by atoms with Crippen LogP contribution in [-0.2, 0) is 6.42 Å². The Kier molecular flexibility index (Phi) is 5.08. The fourth-order valence-corrected chi connectivity index (χ4v) is 3.05. The summed E-state index contributed by atoms with van der Waals surface area (Å²) in [6, 6.07) is 14.7. The van der Waals surface area contributed by atoms with Gasteiger partial charge < -0.3 is 9.47 Å². The molecule has 0 saturated heterocycles. The van der Waals surface area contributed by atoms with Crippen LogP contribution in [0.15, 0.2) is 42.5 Å². The monoisotopic (exact) mass is 337 g/mol. The molecule has 25 heavy (non-hydrogen) atoms. The molecule has 0 bridgehead atoms. The Labute approximate surface area is 148 Å². The molecule has 0 fully saturated rings. The third kappa shape index (κ3) is 3.85. The number of aromatic nitrogens is 1. The molecule has 2 N–H and O–H groups in total. The van der Waals surface area contributed by atoms with Gasteiger partial charge in [0.25, 0.3) is 5.82 Å². The van der Waals surface area contributed by atoms with Gasteiger partial charge in [0, 0.05) is 17.9 Å². The summed E-state index contributed by atoms with van der Waals surface area (Å²) in [7, 11) is 3.31. The van der Waals surface area contributed by atoms with Crippen molar-refractivity contribution in [1.82, 2.24) is 0 Å². The van der Waals surface area contributed by atoms with Crippen molar-refractivity contribution < 1.29 is 14.5 Å². The van der Waals surface area contributed by atoms with Gasteiger partial charge in [-0.1, -0.05) is 18.2 Å². The normalized spacial score (nSPS) is 10.7. The van der Waals surface area contributed by atoms with Gasteiger partial charge >= 0.3 is 0 Å². The number of hydrogen-bond donors (Lipinski definition) is 1. The number of pyridine rings is 1. The van der Waals surface area contributed by atoms with Gasteiger partial charge in [0.15, 0.2) is 11.5 Å². The summed E-state index contributed by atoms with van der Waals surface area (Å²) in [4.78, 5) is 3.48. The minimum absolute atomic E-state index is 0.757. The van der Waals surface area contributed by atoms with Crippen LogP contribution in [0.25, 0.3) is 10.9 Å². The number of methoxy groups -OCH3 is 2. The highest BCUT2D eigenvalue weighted by Crippen LogP contribution is 2.27. The van der Waals surface area contributed by atoms with Crippen LogP contribution in [0.5, 0.6) is 11.5 Å². The zero-order valence-corrected chi connectivity index (χ0v) is 15.3. The van der Waals surface area contributed by atoms with E-state index in [9.17, 15) is 0 Å². The van der Waals surface area contributed by atoms with Crippen LogP contribution in [0.3, 0.4) is 0 Å². The Morgan fingerprint density at radius 1 is 0.920 bits per heavy atom. The van der Waals surface area contributed by atoms with Crippen molar-refractivity contribution in [3.05, 3.63) is 59.2 Å². The van der Waals surface area contributed by atoms with E-state index in [-0.39, 0.29) is 0 Å². The van der Waals surface area contributed by atoms with Crippen molar-refractivity contribution >= 4 is 16.7 Å². The number of anilines is 1. The average molecular weight is 337 g/mol. The molecule has 1 heterocycles. The average Bonchev–Trinajstić information content (AvgIpc) is 2.61. The topological polar surface area (TPSA) is 44.6 Å². The molecule has 130 valence electrons. The summed E-state index contributed by atoms with van der Waals surface area (Å²) >= 11 is 0. The second-order valence-corrected chi connectivity index (χ2v) is 6.28. The third-order valence-electron chi connectivity index (χ3n) is 4.41. The highest BCUT2D eigenvalue weighted by molar-refractivity contribution is 5.80. The maximum absolute atomic E-state index is 5.37. The van der Waals surface area contributed by atoms with E-state index < -0.39 is 0 Å². The molecular weight excluding hydrogens is 312 g/mol. The van der Waals surface area contributed by atoms with Gasteiger partial charge in [-0.25, -0.2) is 4.98 Å². The summed E-state index contributed by atoms with van der Waals surface area (Å²) < 4.78 is 10.6. The summed E-state index contributed by atoms with van der Waals surface area (Å²) in [5, 5.41) is 4.74. The van der Waals surface area contributed by atoms with E-state index in [0.717, 1.165) is 35.8 Å². The van der Waals surface area contributed by atoms with Crippen LogP contribution in [0.1, 0.15) is 16.7 Å². The molecule has 0 aliphatic rings. The Balaban J connectivity index is 1.71. The molecule has 1 aromatic heterocycles. The van der Waals surface area contributed by atoms with E-state index in [1.54, 1.807) is 14.2 Å². The van der Waals surface area contributed by atoms with Crippen molar-refractivity contribution in [1.29, 1.82) is 0 Å². The highest BCUT2D eigenvalue weighted by Gasteiger charge is 2.09. The second kappa shape index (κ2) is 7.43. The van der Waals surface area contributed by atoms with E-state index in [1.165, 1.54) is 22.1 Å². The van der Waals surface area contributed by atoms with Crippen LogP contribution in [0.4, 0.5) is 5.82 Å². The lowest BCUT2D eigenvalue weighted by atomic mass is 10.1. The van der Waals surface area contributed by atoms with Gasteiger partial charge in [-0.3, -0.25) is 5.32 Å². The molecule has 4 nitrogen and oxygen atoms in total. The van der Waals surface area contributed by atoms with E-state index >= 15 is 0 Å². The van der Waals surface area contributed by atoms with Crippen LogP contribution in [0.2, 0.25) is 0 Å². The molecule has 3 aromatic rings. The maximum atomic E-state index is 5.37. The number of nitrogens with one attached hydrogen (secondary N) is 2. The van der Waals surface area contributed by atoms with Crippen LogP contribution in [-0.4, -0.2) is 20.8 Å². The molecule has 0 amide bonds. The Morgan fingerprint density at radius 3 is 2.48 bits per heavy atom. The number of benzene rings is 2.